The molecule has 1 aliphatic heterocycles. The highest BCUT2D eigenvalue weighted by atomic mass is 16.4. The maximum absolute atomic E-state index is 12.7. The minimum Gasteiger partial charge on any atom is -0.478 e. The summed E-state index contributed by atoms with van der Waals surface area (Å²) in [6, 6.07) is 4.73. The van der Waals surface area contributed by atoms with Crippen LogP contribution in [0.25, 0.3) is 0 Å². The molecular weight excluding hydrogens is 270 g/mol. The molecule has 112 valence electrons. The third-order valence-electron chi connectivity index (χ3n) is 4.37. The van der Waals surface area contributed by atoms with E-state index in [1.54, 1.807) is 13.0 Å². The molecule has 5 nitrogen and oxygen atoms in total. The predicted octanol–water partition coefficient (Wildman–Crippen LogP) is 2.76. The molecule has 0 saturated carbocycles. The fourth-order valence-corrected chi connectivity index (χ4v) is 2.86. The lowest BCUT2D eigenvalue weighted by molar-refractivity contribution is -0.126. The monoisotopic (exact) mass is 289 g/mol. The Hall–Kier alpha value is -2.17. The largest absolute Gasteiger partial charge is 0.478 e. The van der Waals surface area contributed by atoms with Crippen molar-refractivity contribution in [2.45, 2.75) is 40.0 Å². The number of amides is 2. The van der Waals surface area contributed by atoms with Crippen LogP contribution in [-0.4, -0.2) is 22.9 Å². The summed E-state index contributed by atoms with van der Waals surface area (Å²) in [5.41, 5.74) is 0.233. The van der Waals surface area contributed by atoms with Gasteiger partial charge in [0.15, 0.2) is 0 Å². The Morgan fingerprint density at radius 1 is 1.29 bits per heavy atom. The summed E-state index contributed by atoms with van der Waals surface area (Å²) >= 11 is 0. The Labute approximate surface area is 123 Å². The molecule has 1 heterocycles. The zero-order valence-corrected chi connectivity index (χ0v) is 12.5. The van der Waals surface area contributed by atoms with Crippen molar-refractivity contribution in [1.29, 1.82) is 0 Å². The molecule has 1 N–H and O–H groups in total. The van der Waals surface area contributed by atoms with Crippen LogP contribution in [0.2, 0.25) is 0 Å². The van der Waals surface area contributed by atoms with Gasteiger partial charge in [0.05, 0.1) is 16.7 Å². The van der Waals surface area contributed by atoms with Gasteiger partial charge in [-0.05, 0) is 31.9 Å². The summed E-state index contributed by atoms with van der Waals surface area (Å²) in [4.78, 5) is 37.4. The van der Waals surface area contributed by atoms with Crippen molar-refractivity contribution in [1.82, 2.24) is 0 Å². The van der Waals surface area contributed by atoms with Gasteiger partial charge in [-0.15, -0.1) is 0 Å². The predicted molar refractivity (Wildman–Crippen MR) is 78.3 cm³/mol. The van der Waals surface area contributed by atoms with Crippen molar-refractivity contribution in [3.8, 4) is 0 Å². The maximum atomic E-state index is 12.7. The molecule has 0 bridgehead atoms. The van der Waals surface area contributed by atoms with E-state index in [1.807, 2.05) is 13.8 Å². The van der Waals surface area contributed by atoms with E-state index >= 15 is 0 Å². The molecule has 0 radical (unpaired) electrons. The summed E-state index contributed by atoms with van der Waals surface area (Å²) < 4.78 is 0. The van der Waals surface area contributed by atoms with E-state index in [4.69, 9.17) is 0 Å². The number of carboxylic acid groups (broad SMARTS) is 1. The number of aryl methyl sites for hydroxylation is 1. The Balaban J connectivity index is 2.55. The molecule has 0 aromatic heterocycles. The number of hydrogen-bond acceptors (Lipinski definition) is 3. The highest BCUT2D eigenvalue weighted by Gasteiger charge is 2.50. The number of anilines is 1. The quantitative estimate of drug-likeness (QED) is 0.865. The van der Waals surface area contributed by atoms with Crippen molar-refractivity contribution in [3.05, 3.63) is 29.3 Å². The normalized spacial score (nSPS) is 17.4. The van der Waals surface area contributed by atoms with Crippen molar-refractivity contribution in [2.24, 2.45) is 5.41 Å². The van der Waals surface area contributed by atoms with Crippen LogP contribution >= 0.6 is 0 Å². The molecule has 1 aromatic carbocycles. The van der Waals surface area contributed by atoms with Crippen LogP contribution in [-0.2, 0) is 9.59 Å². The Morgan fingerprint density at radius 3 is 2.38 bits per heavy atom. The lowest BCUT2D eigenvalue weighted by Gasteiger charge is -2.24. The second-order valence-electron chi connectivity index (χ2n) is 5.52. The van der Waals surface area contributed by atoms with Crippen LogP contribution in [0.3, 0.4) is 0 Å². The minimum absolute atomic E-state index is 0.0142. The first kappa shape index (κ1) is 15.2. The van der Waals surface area contributed by atoms with Crippen LogP contribution in [0.15, 0.2) is 18.2 Å². The second kappa shape index (κ2) is 5.31. The van der Waals surface area contributed by atoms with Gasteiger partial charge in [-0.3, -0.25) is 9.59 Å². The molecule has 1 aliphatic rings. The first-order valence-electron chi connectivity index (χ1n) is 7.07. The average molecular weight is 289 g/mol. The number of imide groups is 1. The topological polar surface area (TPSA) is 74.7 Å². The van der Waals surface area contributed by atoms with Crippen LogP contribution < -0.4 is 4.90 Å². The molecule has 21 heavy (non-hydrogen) atoms. The number of carbonyl (C=O) groups excluding carboxylic acids is 2. The van der Waals surface area contributed by atoms with Gasteiger partial charge in [0, 0.05) is 6.42 Å². The molecule has 1 saturated heterocycles. The van der Waals surface area contributed by atoms with Gasteiger partial charge in [-0.2, -0.15) is 0 Å². The van der Waals surface area contributed by atoms with Crippen LogP contribution in [0.4, 0.5) is 5.69 Å². The van der Waals surface area contributed by atoms with Crippen LogP contribution in [0.5, 0.6) is 0 Å². The average Bonchev–Trinajstić information content (AvgIpc) is 2.70. The van der Waals surface area contributed by atoms with Gasteiger partial charge in [0.1, 0.15) is 0 Å². The van der Waals surface area contributed by atoms with Gasteiger partial charge in [-0.25, -0.2) is 9.69 Å². The number of carbonyl (C=O) groups is 3. The molecule has 2 rings (SSSR count). The van der Waals surface area contributed by atoms with E-state index in [0.29, 0.717) is 12.8 Å². The van der Waals surface area contributed by atoms with Gasteiger partial charge in [0.25, 0.3) is 0 Å². The lowest BCUT2D eigenvalue weighted by atomic mass is 9.81. The van der Waals surface area contributed by atoms with Gasteiger partial charge in [0.2, 0.25) is 11.8 Å². The number of carboxylic acids is 1. The van der Waals surface area contributed by atoms with Crippen molar-refractivity contribution >= 4 is 23.5 Å². The molecule has 0 unspecified atom stereocenters. The number of benzene rings is 1. The van der Waals surface area contributed by atoms with E-state index in [0.717, 1.165) is 10.5 Å². The summed E-state index contributed by atoms with van der Waals surface area (Å²) in [6.07, 6.45) is 1.28. The maximum Gasteiger partial charge on any atom is 0.337 e. The Morgan fingerprint density at radius 2 is 1.90 bits per heavy atom. The first-order chi connectivity index (χ1) is 9.86. The smallest absolute Gasteiger partial charge is 0.337 e. The molecule has 1 aromatic rings. The summed E-state index contributed by atoms with van der Waals surface area (Å²) in [5.74, 6) is -1.75. The summed E-state index contributed by atoms with van der Waals surface area (Å²) in [7, 11) is 0. The Kier molecular flexibility index (Phi) is 3.85. The summed E-state index contributed by atoms with van der Waals surface area (Å²) in [5, 5.41) is 9.32. The zero-order valence-electron chi connectivity index (χ0n) is 12.5. The summed E-state index contributed by atoms with van der Waals surface area (Å²) in [6.45, 7) is 5.53. The zero-order chi connectivity index (χ0) is 15.8. The highest BCUT2D eigenvalue weighted by Crippen LogP contribution is 2.42. The molecule has 2 amide bonds. The van der Waals surface area contributed by atoms with Crippen LogP contribution in [0, 0.1) is 12.3 Å². The van der Waals surface area contributed by atoms with E-state index in [9.17, 15) is 19.5 Å². The minimum atomic E-state index is -1.14. The van der Waals surface area contributed by atoms with Crippen molar-refractivity contribution in [3.63, 3.8) is 0 Å². The van der Waals surface area contributed by atoms with Gasteiger partial charge in [-0.1, -0.05) is 25.5 Å². The van der Waals surface area contributed by atoms with E-state index in [-0.39, 0.29) is 29.5 Å². The van der Waals surface area contributed by atoms with Crippen molar-refractivity contribution in [2.75, 3.05) is 4.90 Å². The van der Waals surface area contributed by atoms with Gasteiger partial charge >= 0.3 is 5.97 Å². The number of aromatic carboxylic acids is 1. The van der Waals surface area contributed by atoms with E-state index in [2.05, 4.69) is 0 Å². The SMILES string of the molecule is CCC1(CC)CC(=O)N(c2ccc(C)cc2C(=O)O)C1=O. The highest BCUT2D eigenvalue weighted by molar-refractivity contribution is 6.24. The molecular formula is C16H19NO4. The van der Waals surface area contributed by atoms with Crippen LogP contribution in [0.1, 0.15) is 49.0 Å². The van der Waals surface area contributed by atoms with Gasteiger partial charge < -0.3 is 5.11 Å². The standard InChI is InChI=1S/C16H19NO4/c1-4-16(5-2)9-13(18)17(15(16)21)12-7-6-10(3)8-11(12)14(19)20/h6-8H,4-5,9H2,1-3H3,(H,19,20). The lowest BCUT2D eigenvalue weighted by Crippen LogP contribution is -2.36. The fraction of sp³-hybridized carbons (Fsp3) is 0.438. The number of rotatable bonds is 4. The molecule has 0 atom stereocenters. The molecule has 0 spiro atoms. The first-order valence-corrected chi connectivity index (χ1v) is 7.07. The number of nitrogens with zero attached hydrogens (tertiary/aromatic N) is 1. The third kappa shape index (κ3) is 2.33. The molecule has 5 heteroatoms. The van der Waals surface area contributed by atoms with Crippen molar-refractivity contribution < 1.29 is 19.5 Å². The fourth-order valence-electron chi connectivity index (χ4n) is 2.86. The Bertz CT molecular complexity index is 617. The second-order valence-corrected chi connectivity index (χ2v) is 5.52. The molecule has 1 fully saturated rings. The third-order valence-corrected chi connectivity index (χ3v) is 4.37. The van der Waals surface area contributed by atoms with E-state index < -0.39 is 11.4 Å². The molecule has 0 aliphatic carbocycles. The van der Waals surface area contributed by atoms with E-state index in [1.165, 1.54) is 12.1 Å². The number of hydrogen-bond donors (Lipinski definition) is 1.